The van der Waals surface area contributed by atoms with E-state index < -0.39 is 5.60 Å². The standard InChI is InChI=1S/C16H28N4O3/c1-16(2,3)23-15(22)20-6-4-5-14(20)11-17-9-13-10-18-19(12-13)7-8-21/h10,12,14,17,21H,4-9,11H2,1-3H3. The van der Waals surface area contributed by atoms with Crippen LogP contribution in [0.25, 0.3) is 0 Å². The number of hydrogen-bond donors (Lipinski definition) is 2. The van der Waals surface area contributed by atoms with Gasteiger partial charge in [-0.15, -0.1) is 0 Å². The van der Waals surface area contributed by atoms with Crippen LogP contribution in [-0.4, -0.2) is 57.2 Å². The van der Waals surface area contributed by atoms with Crippen LogP contribution in [0.5, 0.6) is 0 Å². The number of hydrogen-bond acceptors (Lipinski definition) is 5. The SMILES string of the molecule is CC(C)(C)OC(=O)N1CCCC1CNCc1cnn(CCO)c1. The normalized spacial score (nSPS) is 18.4. The van der Waals surface area contributed by atoms with Crippen molar-refractivity contribution in [3.05, 3.63) is 18.0 Å². The van der Waals surface area contributed by atoms with Gasteiger partial charge in [-0.1, -0.05) is 0 Å². The van der Waals surface area contributed by atoms with Gasteiger partial charge in [-0.05, 0) is 33.6 Å². The van der Waals surface area contributed by atoms with Gasteiger partial charge < -0.3 is 20.1 Å². The van der Waals surface area contributed by atoms with Crippen molar-refractivity contribution in [3.63, 3.8) is 0 Å². The van der Waals surface area contributed by atoms with E-state index in [1.54, 1.807) is 10.9 Å². The third kappa shape index (κ3) is 5.51. The van der Waals surface area contributed by atoms with Crippen LogP contribution in [0.15, 0.2) is 12.4 Å². The first-order valence-corrected chi connectivity index (χ1v) is 8.21. The molecule has 1 amide bonds. The molecule has 0 spiro atoms. The van der Waals surface area contributed by atoms with Crippen molar-refractivity contribution >= 4 is 6.09 Å². The average molecular weight is 324 g/mol. The molecule has 130 valence electrons. The van der Waals surface area contributed by atoms with E-state index in [0.29, 0.717) is 13.1 Å². The number of carbonyl (C=O) groups excluding carboxylic acids is 1. The zero-order valence-corrected chi connectivity index (χ0v) is 14.3. The molecule has 0 aromatic carbocycles. The molecule has 2 N–H and O–H groups in total. The lowest BCUT2D eigenvalue weighted by Crippen LogP contribution is -2.44. The van der Waals surface area contributed by atoms with Crippen molar-refractivity contribution in [3.8, 4) is 0 Å². The summed E-state index contributed by atoms with van der Waals surface area (Å²) in [6.07, 6.45) is 5.50. The molecular formula is C16H28N4O3. The highest BCUT2D eigenvalue weighted by atomic mass is 16.6. The van der Waals surface area contributed by atoms with E-state index in [1.165, 1.54) is 0 Å². The third-order valence-corrected chi connectivity index (χ3v) is 3.73. The van der Waals surface area contributed by atoms with Crippen LogP contribution in [0.4, 0.5) is 4.79 Å². The van der Waals surface area contributed by atoms with E-state index >= 15 is 0 Å². The molecule has 1 unspecified atom stereocenters. The zero-order chi connectivity index (χ0) is 16.9. The lowest BCUT2D eigenvalue weighted by molar-refractivity contribution is 0.0226. The minimum Gasteiger partial charge on any atom is -0.444 e. The molecule has 1 saturated heterocycles. The number of ether oxygens (including phenoxy) is 1. The Morgan fingerprint density at radius 3 is 3.00 bits per heavy atom. The third-order valence-electron chi connectivity index (χ3n) is 3.73. The van der Waals surface area contributed by atoms with Crippen molar-refractivity contribution in [2.75, 3.05) is 19.7 Å². The Labute approximate surface area is 137 Å². The molecule has 0 aliphatic carbocycles. The zero-order valence-electron chi connectivity index (χ0n) is 14.3. The maximum Gasteiger partial charge on any atom is 0.410 e. The molecule has 1 fully saturated rings. The number of amides is 1. The fourth-order valence-corrected chi connectivity index (χ4v) is 2.71. The summed E-state index contributed by atoms with van der Waals surface area (Å²) in [5.74, 6) is 0. The van der Waals surface area contributed by atoms with Gasteiger partial charge in [-0.3, -0.25) is 4.68 Å². The highest BCUT2D eigenvalue weighted by Crippen LogP contribution is 2.20. The molecule has 1 aliphatic rings. The molecular weight excluding hydrogens is 296 g/mol. The fraction of sp³-hybridized carbons (Fsp3) is 0.750. The highest BCUT2D eigenvalue weighted by molar-refractivity contribution is 5.69. The second-order valence-corrected chi connectivity index (χ2v) is 6.94. The van der Waals surface area contributed by atoms with Crippen LogP contribution in [-0.2, 0) is 17.8 Å². The van der Waals surface area contributed by atoms with Crippen LogP contribution in [0.1, 0.15) is 39.2 Å². The first-order valence-electron chi connectivity index (χ1n) is 8.21. The van der Waals surface area contributed by atoms with E-state index in [2.05, 4.69) is 10.4 Å². The van der Waals surface area contributed by atoms with E-state index in [-0.39, 0.29) is 18.7 Å². The van der Waals surface area contributed by atoms with E-state index in [9.17, 15) is 4.79 Å². The van der Waals surface area contributed by atoms with Crippen molar-refractivity contribution < 1.29 is 14.6 Å². The van der Waals surface area contributed by atoms with Crippen LogP contribution >= 0.6 is 0 Å². The van der Waals surface area contributed by atoms with Gasteiger partial charge in [-0.25, -0.2) is 4.79 Å². The van der Waals surface area contributed by atoms with Gasteiger partial charge in [0, 0.05) is 37.4 Å². The number of aliphatic hydroxyl groups excluding tert-OH is 1. The quantitative estimate of drug-likeness (QED) is 0.826. The fourth-order valence-electron chi connectivity index (χ4n) is 2.71. The van der Waals surface area contributed by atoms with E-state index in [1.807, 2.05) is 31.9 Å². The summed E-state index contributed by atoms with van der Waals surface area (Å²) in [5, 5.41) is 16.4. The lowest BCUT2D eigenvalue weighted by atomic mass is 10.2. The summed E-state index contributed by atoms with van der Waals surface area (Å²) >= 11 is 0. The van der Waals surface area contributed by atoms with Gasteiger partial charge in [-0.2, -0.15) is 5.10 Å². The van der Waals surface area contributed by atoms with Gasteiger partial charge in [0.1, 0.15) is 5.60 Å². The van der Waals surface area contributed by atoms with Gasteiger partial charge in [0.25, 0.3) is 0 Å². The Morgan fingerprint density at radius 1 is 1.52 bits per heavy atom. The smallest absolute Gasteiger partial charge is 0.410 e. The molecule has 0 radical (unpaired) electrons. The monoisotopic (exact) mass is 324 g/mol. The summed E-state index contributed by atoms with van der Waals surface area (Å²) < 4.78 is 7.19. The number of rotatable bonds is 6. The molecule has 1 aromatic heterocycles. The number of likely N-dealkylation sites (tertiary alicyclic amines) is 1. The number of nitrogens with one attached hydrogen (secondary N) is 1. The molecule has 1 aromatic rings. The van der Waals surface area contributed by atoms with E-state index in [4.69, 9.17) is 9.84 Å². The predicted molar refractivity (Wildman–Crippen MR) is 87.0 cm³/mol. The highest BCUT2D eigenvalue weighted by Gasteiger charge is 2.31. The molecule has 23 heavy (non-hydrogen) atoms. The summed E-state index contributed by atoms with van der Waals surface area (Å²) in [5.41, 5.74) is 0.610. The summed E-state index contributed by atoms with van der Waals surface area (Å²) in [7, 11) is 0. The lowest BCUT2D eigenvalue weighted by Gasteiger charge is -2.28. The summed E-state index contributed by atoms with van der Waals surface area (Å²) in [6, 6.07) is 0.178. The molecule has 2 rings (SSSR count). The minimum atomic E-state index is -0.459. The van der Waals surface area contributed by atoms with Crippen molar-refractivity contribution in [1.29, 1.82) is 0 Å². The van der Waals surface area contributed by atoms with Crippen LogP contribution in [0.3, 0.4) is 0 Å². The van der Waals surface area contributed by atoms with Gasteiger partial charge in [0.15, 0.2) is 0 Å². The number of aliphatic hydroxyl groups is 1. The maximum atomic E-state index is 12.2. The Bertz CT molecular complexity index is 510. The van der Waals surface area contributed by atoms with Crippen LogP contribution in [0.2, 0.25) is 0 Å². The minimum absolute atomic E-state index is 0.0848. The average Bonchev–Trinajstić information content (AvgIpc) is 3.07. The second kappa shape index (κ2) is 7.79. The Hall–Kier alpha value is -1.60. The summed E-state index contributed by atoms with van der Waals surface area (Å²) in [4.78, 5) is 14.0. The molecule has 7 nitrogen and oxygen atoms in total. The Morgan fingerprint density at radius 2 is 2.30 bits per heavy atom. The number of aromatic nitrogens is 2. The van der Waals surface area contributed by atoms with Crippen LogP contribution in [0, 0.1) is 0 Å². The molecule has 2 heterocycles. The largest absolute Gasteiger partial charge is 0.444 e. The first-order chi connectivity index (χ1) is 10.9. The van der Waals surface area contributed by atoms with Gasteiger partial charge in [0.05, 0.1) is 19.3 Å². The molecule has 0 bridgehead atoms. The first kappa shape index (κ1) is 17.7. The molecule has 7 heteroatoms. The van der Waals surface area contributed by atoms with Crippen molar-refractivity contribution in [2.24, 2.45) is 0 Å². The molecule has 1 aliphatic heterocycles. The number of nitrogens with zero attached hydrogens (tertiary/aromatic N) is 3. The Kier molecular flexibility index (Phi) is 6.01. The predicted octanol–water partition coefficient (Wildman–Crippen LogP) is 1.36. The molecule has 1 atom stereocenters. The second-order valence-electron chi connectivity index (χ2n) is 6.94. The summed E-state index contributed by atoms with van der Waals surface area (Å²) in [6.45, 7) is 8.45. The van der Waals surface area contributed by atoms with Gasteiger partial charge in [0.2, 0.25) is 0 Å². The molecule has 0 saturated carbocycles. The van der Waals surface area contributed by atoms with Crippen LogP contribution < -0.4 is 5.32 Å². The van der Waals surface area contributed by atoms with E-state index in [0.717, 1.165) is 31.5 Å². The van der Waals surface area contributed by atoms with Crippen molar-refractivity contribution in [1.82, 2.24) is 20.0 Å². The maximum absolute atomic E-state index is 12.2. The Balaban J connectivity index is 1.78. The van der Waals surface area contributed by atoms with Gasteiger partial charge >= 0.3 is 6.09 Å². The number of carbonyl (C=O) groups is 1. The van der Waals surface area contributed by atoms with Crippen molar-refractivity contribution in [2.45, 2.75) is 58.3 Å². The topological polar surface area (TPSA) is 79.6 Å².